The minimum atomic E-state index is 0.0518. The highest BCUT2D eigenvalue weighted by Crippen LogP contribution is 2.35. The number of hydrogen-bond donors (Lipinski definition) is 0. The number of aryl methyl sites for hydroxylation is 2. The lowest BCUT2D eigenvalue weighted by molar-refractivity contribution is 0.0877. The van der Waals surface area contributed by atoms with Gasteiger partial charge in [-0.1, -0.05) is 38.0 Å². The van der Waals surface area contributed by atoms with Crippen molar-refractivity contribution in [1.82, 2.24) is 14.1 Å². The van der Waals surface area contributed by atoms with Gasteiger partial charge in [-0.25, -0.2) is 4.98 Å². The predicted molar refractivity (Wildman–Crippen MR) is 99.8 cm³/mol. The van der Waals surface area contributed by atoms with Gasteiger partial charge in [0.2, 0.25) is 0 Å². The molecule has 0 saturated carbocycles. The third kappa shape index (κ3) is 2.90. The van der Waals surface area contributed by atoms with E-state index in [9.17, 15) is 4.79 Å². The number of carbonyl (C=O) groups excluding carboxylic acids is 1. The lowest BCUT2D eigenvalue weighted by atomic mass is 9.85. The summed E-state index contributed by atoms with van der Waals surface area (Å²) in [6, 6.07) is 8.50. The summed E-state index contributed by atoms with van der Waals surface area (Å²) < 4.78 is 4.32. The number of benzene rings is 1. The second-order valence-electron chi connectivity index (χ2n) is 7.06. The van der Waals surface area contributed by atoms with Crippen LogP contribution >= 0.6 is 0 Å². The number of imidazole rings is 1. The van der Waals surface area contributed by atoms with E-state index in [0.717, 1.165) is 38.0 Å². The molecule has 0 N–H and O–H groups in total. The van der Waals surface area contributed by atoms with E-state index in [4.69, 9.17) is 0 Å². The van der Waals surface area contributed by atoms with E-state index in [-0.39, 0.29) is 5.92 Å². The van der Waals surface area contributed by atoms with Crippen LogP contribution in [-0.2, 0) is 19.5 Å². The van der Waals surface area contributed by atoms with Crippen LogP contribution in [0.1, 0.15) is 48.7 Å². The van der Waals surface area contributed by atoms with Crippen molar-refractivity contribution in [3.63, 3.8) is 0 Å². The normalized spacial score (nSPS) is 17.2. The van der Waals surface area contributed by atoms with E-state index < -0.39 is 0 Å². The van der Waals surface area contributed by atoms with Crippen LogP contribution in [0.15, 0.2) is 43.0 Å². The van der Waals surface area contributed by atoms with E-state index in [1.54, 1.807) is 12.5 Å². The number of ketones is 1. The van der Waals surface area contributed by atoms with Crippen molar-refractivity contribution in [2.45, 2.75) is 52.1 Å². The van der Waals surface area contributed by atoms with Gasteiger partial charge in [0.25, 0.3) is 0 Å². The van der Waals surface area contributed by atoms with E-state index in [0.29, 0.717) is 5.78 Å². The number of rotatable bonds is 6. The Morgan fingerprint density at radius 2 is 2.12 bits per heavy atom. The van der Waals surface area contributed by atoms with Crippen molar-refractivity contribution < 1.29 is 4.79 Å². The van der Waals surface area contributed by atoms with Crippen molar-refractivity contribution in [3.8, 4) is 0 Å². The predicted octanol–water partition coefficient (Wildman–Crippen LogP) is 4.47. The third-order valence-corrected chi connectivity index (χ3v) is 5.40. The fourth-order valence-electron chi connectivity index (χ4n) is 4.13. The van der Waals surface area contributed by atoms with Crippen LogP contribution in [0.25, 0.3) is 10.9 Å². The van der Waals surface area contributed by atoms with Crippen molar-refractivity contribution in [2.24, 2.45) is 5.92 Å². The van der Waals surface area contributed by atoms with Gasteiger partial charge in [-0.3, -0.25) is 4.79 Å². The molecule has 25 heavy (non-hydrogen) atoms. The Bertz CT molecular complexity index is 876. The fourth-order valence-corrected chi connectivity index (χ4v) is 4.13. The Hall–Kier alpha value is -2.36. The molecule has 0 amide bonds. The lowest BCUT2D eigenvalue weighted by Crippen LogP contribution is -2.28. The van der Waals surface area contributed by atoms with Crippen LogP contribution < -0.4 is 0 Å². The minimum Gasteiger partial charge on any atom is -0.338 e. The van der Waals surface area contributed by atoms with Gasteiger partial charge in [-0.2, -0.15) is 0 Å². The van der Waals surface area contributed by atoms with Crippen LogP contribution in [0, 0.1) is 5.92 Å². The number of hydrogen-bond acceptors (Lipinski definition) is 2. The molecule has 1 aliphatic carbocycles. The van der Waals surface area contributed by atoms with Crippen molar-refractivity contribution in [3.05, 3.63) is 54.2 Å². The van der Waals surface area contributed by atoms with Gasteiger partial charge in [-0.05, 0) is 30.9 Å². The van der Waals surface area contributed by atoms with Crippen LogP contribution in [0.4, 0.5) is 0 Å². The Kier molecular flexibility index (Phi) is 4.43. The Morgan fingerprint density at radius 1 is 1.24 bits per heavy atom. The average molecular weight is 335 g/mol. The first-order valence-corrected chi connectivity index (χ1v) is 9.39. The molecule has 2 heterocycles. The first-order chi connectivity index (χ1) is 12.3. The van der Waals surface area contributed by atoms with Gasteiger partial charge in [0.15, 0.2) is 5.78 Å². The SMILES string of the molecule is CCCCCn1c2c(c3ccccc31)CCC(Cn1ccnc1)C2=O. The van der Waals surface area contributed by atoms with E-state index >= 15 is 0 Å². The third-order valence-electron chi connectivity index (χ3n) is 5.40. The Balaban J connectivity index is 1.72. The van der Waals surface area contributed by atoms with Gasteiger partial charge in [-0.15, -0.1) is 0 Å². The molecule has 4 nitrogen and oxygen atoms in total. The quantitative estimate of drug-likeness (QED) is 0.623. The van der Waals surface area contributed by atoms with E-state index in [2.05, 4.69) is 40.7 Å². The van der Waals surface area contributed by atoms with Gasteiger partial charge >= 0.3 is 0 Å². The smallest absolute Gasteiger partial charge is 0.184 e. The molecule has 0 radical (unpaired) electrons. The molecule has 3 aromatic rings. The van der Waals surface area contributed by atoms with E-state index in [1.165, 1.54) is 29.3 Å². The van der Waals surface area contributed by atoms with Crippen LogP contribution in [0.5, 0.6) is 0 Å². The molecule has 0 saturated heterocycles. The number of Topliss-reactive ketones (excluding diaryl/α,β-unsaturated/α-hetero) is 1. The summed E-state index contributed by atoms with van der Waals surface area (Å²) in [4.78, 5) is 17.4. The maximum Gasteiger partial charge on any atom is 0.184 e. The largest absolute Gasteiger partial charge is 0.338 e. The zero-order chi connectivity index (χ0) is 17.2. The first-order valence-electron chi connectivity index (χ1n) is 9.39. The summed E-state index contributed by atoms with van der Waals surface area (Å²) in [5.41, 5.74) is 3.45. The fraction of sp³-hybridized carbons (Fsp3) is 0.429. The maximum atomic E-state index is 13.3. The molecule has 1 unspecified atom stereocenters. The van der Waals surface area contributed by atoms with Crippen LogP contribution in [0.3, 0.4) is 0 Å². The molecule has 0 bridgehead atoms. The molecule has 4 heteroatoms. The molecule has 1 aromatic carbocycles. The van der Waals surface area contributed by atoms with Crippen molar-refractivity contribution in [2.75, 3.05) is 0 Å². The summed E-state index contributed by atoms with van der Waals surface area (Å²) in [5.74, 6) is 0.360. The van der Waals surface area contributed by atoms with Gasteiger partial charge in [0.1, 0.15) is 0 Å². The molecule has 4 rings (SSSR count). The van der Waals surface area contributed by atoms with Crippen LogP contribution in [0.2, 0.25) is 0 Å². The monoisotopic (exact) mass is 335 g/mol. The second kappa shape index (κ2) is 6.87. The second-order valence-corrected chi connectivity index (χ2v) is 7.06. The van der Waals surface area contributed by atoms with Gasteiger partial charge in [0.05, 0.1) is 12.0 Å². The van der Waals surface area contributed by atoms with Gasteiger partial charge < -0.3 is 9.13 Å². The van der Waals surface area contributed by atoms with Gasteiger partial charge in [0, 0.05) is 42.3 Å². The standard InChI is InChI=1S/C21H25N3O/c1-2-3-6-12-24-19-8-5-4-7-17(19)18-10-9-16(21(25)20(18)24)14-23-13-11-22-15-23/h4-5,7-8,11,13,15-16H,2-3,6,9-10,12,14H2,1H3. The Labute approximate surface area is 148 Å². The molecule has 0 fully saturated rings. The zero-order valence-corrected chi connectivity index (χ0v) is 14.8. The summed E-state index contributed by atoms with van der Waals surface area (Å²) in [6.07, 6.45) is 11.0. The lowest BCUT2D eigenvalue weighted by Gasteiger charge is -2.23. The number of unbranched alkanes of at least 4 members (excludes halogenated alkanes) is 2. The van der Waals surface area contributed by atoms with Crippen LogP contribution in [-0.4, -0.2) is 19.9 Å². The maximum absolute atomic E-state index is 13.3. The average Bonchev–Trinajstić information content (AvgIpc) is 3.25. The highest BCUT2D eigenvalue weighted by atomic mass is 16.1. The molecule has 2 aromatic heterocycles. The number of fused-ring (bicyclic) bond motifs is 3. The molecular weight excluding hydrogens is 310 g/mol. The summed E-state index contributed by atoms with van der Waals surface area (Å²) in [5, 5.41) is 1.27. The minimum absolute atomic E-state index is 0.0518. The Morgan fingerprint density at radius 3 is 2.92 bits per heavy atom. The summed E-state index contributed by atoms with van der Waals surface area (Å²) in [7, 11) is 0. The first kappa shape index (κ1) is 16.1. The van der Waals surface area contributed by atoms with E-state index in [1.807, 2.05) is 10.8 Å². The number of carbonyl (C=O) groups is 1. The number of nitrogens with zero attached hydrogens (tertiary/aromatic N) is 3. The molecule has 1 aliphatic rings. The molecule has 0 aliphatic heterocycles. The number of aromatic nitrogens is 3. The zero-order valence-electron chi connectivity index (χ0n) is 14.8. The molecule has 0 spiro atoms. The highest BCUT2D eigenvalue weighted by molar-refractivity contribution is 6.05. The van der Waals surface area contributed by atoms with Crippen molar-refractivity contribution in [1.29, 1.82) is 0 Å². The summed E-state index contributed by atoms with van der Waals surface area (Å²) >= 11 is 0. The number of para-hydroxylation sites is 1. The topological polar surface area (TPSA) is 39.8 Å². The highest BCUT2D eigenvalue weighted by Gasteiger charge is 2.32. The molecule has 130 valence electrons. The molecular formula is C21H25N3O. The summed E-state index contributed by atoms with van der Waals surface area (Å²) in [6.45, 7) is 3.89. The molecule has 1 atom stereocenters. The van der Waals surface area contributed by atoms with Crippen molar-refractivity contribution >= 4 is 16.7 Å².